The van der Waals surface area contributed by atoms with Crippen molar-refractivity contribution in [3.05, 3.63) is 59.7 Å². The quantitative estimate of drug-likeness (QED) is 0.550. The number of carbonyl (C=O) groups is 3. The van der Waals surface area contributed by atoms with Crippen LogP contribution in [0.5, 0.6) is 0 Å². The molecule has 34 heavy (non-hydrogen) atoms. The van der Waals surface area contributed by atoms with Crippen LogP contribution in [0.1, 0.15) is 43.2 Å². The van der Waals surface area contributed by atoms with Crippen LogP contribution in [0, 0.1) is 5.92 Å². The van der Waals surface area contributed by atoms with Gasteiger partial charge in [0.05, 0.1) is 6.10 Å². The summed E-state index contributed by atoms with van der Waals surface area (Å²) < 4.78 is 10.6. The topological polar surface area (TPSA) is 114 Å². The molecule has 0 radical (unpaired) electrons. The number of carbonyl (C=O) groups excluding carboxylic acids is 2. The molecule has 1 fully saturated rings. The monoisotopic (exact) mass is 466 g/mol. The number of amides is 2. The van der Waals surface area contributed by atoms with Gasteiger partial charge in [-0.05, 0) is 48.4 Å². The lowest BCUT2D eigenvalue weighted by molar-refractivity contribution is -0.146. The number of benzene rings is 2. The number of carboxylic acid groups (broad SMARTS) is 1. The maximum Gasteiger partial charge on any atom is 0.407 e. The van der Waals surface area contributed by atoms with Gasteiger partial charge in [0.1, 0.15) is 6.61 Å². The van der Waals surface area contributed by atoms with Crippen molar-refractivity contribution in [3.63, 3.8) is 0 Å². The van der Waals surface area contributed by atoms with E-state index in [4.69, 9.17) is 9.47 Å². The fraction of sp³-hybridized carbons (Fsp3) is 0.423. The number of hydrogen-bond donors (Lipinski definition) is 3. The summed E-state index contributed by atoms with van der Waals surface area (Å²) in [6.07, 6.45) is 0.458. The molecule has 0 aromatic heterocycles. The number of carboxylic acids is 1. The second-order valence-electron chi connectivity index (χ2n) is 8.94. The highest BCUT2D eigenvalue weighted by Crippen LogP contribution is 2.44. The van der Waals surface area contributed by atoms with Crippen LogP contribution in [0.3, 0.4) is 0 Å². The van der Waals surface area contributed by atoms with E-state index in [-0.39, 0.29) is 30.4 Å². The van der Waals surface area contributed by atoms with Crippen LogP contribution in [0.15, 0.2) is 48.5 Å². The highest BCUT2D eigenvalue weighted by atomic mass is 16.5. The number of rotatable bonds is 8. The summed E-state index contributed by atoms with van der Waals surface area (Å²) in [5.74, 6) is -1.87. The van der Waals surface area contributed by atoms with Crippen molar-refractivity contribution in [2.45, 2.75) is 50.3 Å². The Kier molecular flexibility index (Phi) is 7.17. The number of aliphatic carboxylic acids is 1. The minimum atomic E-state index is -1.14. The summed E-state index contributed by atoms with van der Waals surface area (Å²) in [4.78, 5) is 36.5. The van der Waals surface area contributed by atoms with E-state index in [0.717, 1.165) is 11.1 Å². The Bertz CT molecular complexity index is 1030. The zero-order chi connectivity index (χ0) is 24.2. The van der Waals surface area contributed by atoms with Gasteiger partial charge in [-0.3, -0.25) is 4.79 Å². The first-order chi connectivity index (χ1) is 16.4. The van der Waals surface area contributed by atoms with Crippen LogP contribution in [-0.4, -0.2) is 55.0 Å². The van der Waals surface area contributed by atoms with E-state index in [2.05, 4.69) is 34.9 Å². The van der Waals surface area contributed by atoms with Crippen molar-refractivity contribution in [1.29, 1.82) is 0 Å². The molecule has 2 aliphatic rings. The second kappa shape index (κ2) is 10.3. The fourth-order valence-corrected chi connectivity index (χ4v) is 4.94. The summed E-state index contributed by atoms with van der Waals surface area (Å²) in [5, 5.41) is 14.8. The van der Waals surface area contributed by atoms with E-state index in [1.165, 1.54) is 18.2 Å². The first-order valence-corrected chi connectivity index (χ1v) is 11.6. The van der Waals surface area contributed by atoms with Gasteiger partial charge in [-0.1, -0.05) is 48.5 Å². The molecule has 0 spiro atoms. The second-order valence-corrected chi connectivity index (χ2v) is 8.94. The van der Waals surface area contributed by atoms with Crippen LogP contribution < -0.4 is 10.6 Å². The molecule has 4 rings (SSSR count). The van der Waals surface area contributed by atoms with E-state index in [9.17, 15) is 19.5 Å². The maximum atomic E-state index is 12.6. The lowest BCUT2D eigenvalue weighted by Crippen LogP contribution is -2.50. The molecule has 0 aliphatic heterocycles. The molecule has 3 N–H and O–H groups in total. The zero-order valence-electron chi connectivity index (χ0n) is 19.3. The molecule has 0 bridgehead atoms. The number of nitrogens with one attached hydrogen (secondary N) is 2. The predicted molar refractivity (Wildman–Crippen MR) is 125 cm³/mol. The Hall–Kier alpha value is -3.39. The standard InChI is InChI=1S/C26H30N2O6/c1-15(33-2)23(25(30)31)28-24(29)16-11-12-17(13-16)27-26(32)34-14-22-20-9-5-3-7-18(20)19-8-4-6-10-21(19)22/h3-10,15-17,22-23H,11-14H2,1-2H3,(H,27,32)(H,28,29)(H,30,31)/t15?,16-,17+,23?/m1/s1. The number of ether oxygens (including phenoxy) is 2. The number of alkyl carbamates (subject to hydrolysis) is 1. The average Bonchev–Trinajstić information content (AvgIpc) is 3.43. The normalized spacial score (nSPS) is 20.6. The van der Waals surface area contributed by atoms with Gasteiger partial charge >= 0.3 is 12.1 Å². The molecule has 0 heterocycles. The molecule has 2 aromatic carbocycles. The van der Waals surface area contributed by atoms with Crippen molar-refractivity contribution < 1.29 is 29.0 Å². The van der Waals surface area contributed by atoms with Crippen LogP contribution in [-0.2, 0) is 19.1 Å². The van der Waals surface area contributed by atoms with Crippen molar-refractivity contribution in [3.8, 4) is 11.1 Å². The fourth-order valence-electron chi connectivity index (χ4n) is 4.94. The summed E-state index contributed by atoms with van der Waals surface area (Å²) in [6, 6.07) is 15.0. The lowest BCUT2D eigenvalue weighted by Gasteiger charge is -2.22. The summed E-state index contributed by atoms with van der Waals surface area (Å²) in [6.45, 7) is 1.82. The first-order valence-electron chi connectivity index (χ1n) is 11.6. The third-order valence-corrected chi connectivity index (χ3v) is 6.87. The Morgan fingerprint density at radius 2 is 1.65 bits per heavy atom. The third kappa shape index (κ3) is 4.92. The smallest absolute Gasteiger partial charge is 0.407 e. The number of methoxy groups -OCH3 is 1. The average molecular weight is 467 g/mol. The van der Waals surface area contributed by atoms with E-state index >= 15 is 0 Å². The SMILES string of the molecule is COC(C)C(NC(=O)[C@@H]1CC[C@H](NC(=O)OCC2c3ccccc3-c3ccccc32)C1)C(=O)O. The molecule has 180 valence electrons. The molecular weight excluding hydrogens is 436 g/mol. The lowest BCUT2D eigenvalue weighted by atomic mass is 9.98. The molecule has 2 unspecified atom stereocenters. The van der Waals surface area contributed by atoms with Gasteiger partial charge in [0.2, 0.25) is 5.91 Å². The van der Waals surface area contributed by atoms with Gasteiger partial charge in [-0.15, -0.1) is 0 Å². The Morgan fingerprint density at radius 1 is 1.03 bits per heavy atom. The molecule has 1 saturated carbocycles. The van der Waals surface area contributed by atoms with Gasteiger partial charge in [0, 0.05) is 25.0 Å². The van der Waals surface area contributed by atoms with E-state index in [1.807, 2.05) is 24.3 Å². The summed E-state index contributed by atoms with van der Waals surface area (Å²) >= 11 is 0. The highest BCUT2D eigenvalue weighted by Gasteiger charge is 2.35. The molecule has 4 atom stereocenters. The summed E-state index contributed by atoms with van der Waals surface area (Å²) in [7, 11) is 1.40. The minimum Gasteiger partial charge on any atom is -0.480 e. The first kappa shape index (κ1) is 23.8. The summed E-state index contributed by atoms with van der Waals surface area (Å²) in [5.41, 5.74) is 4.62. The van der Waals surface area contributed by atoms with Crippen LogP contribution >= 0.6 is 0 Å². The van der Waals surface area contributed by atoms with Crippen molar-refractivity contribution in [2.24, 2.45) is 5.92 Å². The van der Waals surface area contributed by atoms with Crippen molar-refractivity contribution in [1.82, 2.24) is 10.6 Å². The molecule has 2 aromatic rings. The Balaban J connectivity index is 1.29. The molecule has 8 heteroatoms. The van der Waals surface area contributed by atoms with Crippen LogP contribution in [0.25, 0.3) is 11.1 Å². The van der Waals surface area contributed by atoms with Gasteiger partial charge < -0.3 is 25.2 Å². The molecule has 8 nitrogen and oxygen atoms in total. The van der Waals surface area contributed by atoms with E-state index < -0.39 is 24.2 Å². The Morgan fingerprint density at radius 3 is 2.24 bits per heavy atom. The van der Waals surface area contributed by atoms with Crippen molar-refractivity contribution in [2.75, 3.05) is 13.7 Å². The van der Waals surface area contributed by atoms with Gasteiger partial charge in [-0.25, -0.2) is 9.59 Å². The molecular formula is C26H30N2O6. The minimum absolute atomic E-state index is 0.0176. The van der Waals surface area contributed by atoms with Crippen molar-refractivity contribution >= 4 is 18.0 Å². The molecule has 2 amide bonds. The number of fused-ring (bicyclic) bond motifs is 3. The maximum absolute atomic E-state index is 12.6. The largest absolute Gasteiger partial charge is 0.480 e. The zero-order valence-corrected chi connectivity index (χ0v) is 19.3. The van der Waals surface area contributed by atoms with Gasteiger partial charge in [-0.2, -0.15) is 0 Å². The highest BCUT2D eigenvalue weighted by molar-refractivity contribution is 5.85. The number of hydrogen-bond acceptors (Lipinski definition) is 5. The third-order valence-electron chi connectivity index (χ3n) is 6.87. The van der Waals surface area contributed by atoms with Crippen LogP contribution in [0.2, 0.25) is 0 Å². The molecule has 2 aliphatic carbocycles. The van der Waals surface area contributed by atoms with E-state index in [1.54, 1.807) is 6.92 Å². The van der Waals surface area contributed by atoms with Crippen LogP contribution in [0.4, 0.5) is 4.79 Å². The predicted octanol–water partition coefficient (Wildman–Crippen LogP) is 3.30. The Labute approximate surface area is 198 Å². The van der Waals surface area contributed by atoms with Gasteiger partial charge in [0.25, 0.3) is 0 Å². The van der Waals surface area contributed by atoms with Gasteiger partial charge in [0.15, 0.2) is 6.04 Å². The molecule has 0 saturated heterocycles. The van der Waals surface area contributed by atoms with E-state index in [0.29, 0.717) is 19.3 Å².